The molecule has 0 saturated carbocycles. The Morgan fingerprint density at radius 2 is 2.16 bits per heavy atom. The Labute approximate surface area is 126 Å². The monoisotopic (exact) mass is 342 g/mol. The zero-order valence-corrected chi connectivity index (χ0v) is 13.5. The van der Waals surface area contributed by atoms with Crippen molar-refractivity contribution in [3.63, 3.8) is 0 Å². The number of benzene rings is 1. The Hall–Kier alpha value is -1.20. The zero-order valence-electron chi connectivity index (χ0n) is 11.1. The first kappa shape index (κ1) is 14.2. The van der Waals surface area contributed by atoms with Crippen LogP contribution in [0.1, 0.15) is 5.69 Å². The zero-order chi connectivity index (χ0) is 14.0. The first-order valence-electron chi connectivity index (χ1n) is 5.86. The van der Waals surface area contributed by atoms with Gasteiger partial charge in [0.05, 0.1) is 29.1 Å². The molecule has 4 nitrogen and oxygen atoms in total. The maximum Gasteiger partial charge on any atom is 0.204 e. The molecule has 0 radical (unpaired) electrons. The SMILES string of the molecule is CN(C)c1ncc(CNc2cc(Br)ccc2Cl)n1C. The molecule has 1 heterocycles. The number of hydrogen-bond acceptors (Lipinski definition) is 3. The summed E-state index contributed by atoms with van der Waals surface area (Å²) < 4.78 is 3.05. The molecule has 19 heavy (non-hydrogen) atoms. The number of aromatic nitrogens is 2. The van der Waals surface area contributed by atoms with Crippen LogP contribution in [0.4, 0.5) is 11.6 Å². The first-order valence-corrected chi connectivity index (χ1v) is 7.03. The van der Waals surface area contributed by atoms with Crippen molar-refractivity contribution in [2.24, 2.45) is 7.05 Å². The Morgan fingerprint density at radius 1 is 1.42 bits per heavy atom. The summed E-state index contributed by atoms with van der Waals surface area (Å²) in [7, 11) is 5.96. The highest BCUT2D eigenvalue weighted by molar-refractivity contribution is 9.10. The second-order valence-electron chi connectivity index (χ2n) is 4.48. The van der Waals surface area contributed by atoms with E-state index in [1.165, 1.54) is 0 Å². The topological polar surface area (TPSA) is 33.1 Å². The summed E-state index contributed by atoms with van der Waals surface area (Å²) in [6.45, 7) is 0.674. The van der Waals surface area contributed by atoms with Crippen LogP contribution in [0.5, 0.6) is 0 Å². The van der Waals surface area contributed by atoms with Crippen LogP contribution in [0, 0.1) is 0 Å². The van der Waals surface area contributed by atoms with Crippen LogP contribution in [0.25, 0.3) is 0 Å². The molecule has 1 aromatic heterocycles. The number of hydrogen-bond donors (Lipinski definition) is 1. The maximum atomic E-state index is 6.14. The van der Waals surface area contributed by atoms with Crippen molar-refractivity contribution < 1.29 is 0 Å². The number of halogens is 2. The van der Waals surface area contributed by atoms with E-state index in [2.05, 4.69) is 30.8 Å². The van der Waals surface area contributed by atoms with Crippen LogP contribution in [0.2, 0.25) is 5.02 Å². The van der Waals surface area contributed by atoms with Gasteiger partial charge in [-0.25, -0.2) is 4.98 Å². The Kier molecular flexibility index (Phi) is 4.37. The average Bonchev–Trinajstić information content (AvgIpc) is 2.72. The van der Waals surface area contributed by atoms with Crippen molar-refractivity contribution in [1.82, 2.24) is 9.55 Å². The second-order valence-corrected chi connectivity index (χ2v) is 5.80. The van der Waals surface area contributed by atoms with E-state index in [1.54, 1.807) is 0 Å². The first-order chi connectivity index (χ1) is 8.99. The molecule has 1 N–H and O–H groups in total. The van der Waals surface area contributed by atoms with Crippen molar-refractivity contribution >= 4 is 39.2 Å². The number of rotatable bonds is 4. The molecule has 0 saturated heterocycles. The summed E-state index contributed by atoms with van der Waals surface area (Å²) >= 11 is 9.58. The quantitative estimate of drug-likeness (QED) is 0.922. The van der Waals surface area contributed by atoms with Gasteiger partial charge >= 0.3 is 0 Å². The highest BCUT2D eigenvalue weighted by atomic mass is 79.9. The predicted molar refractivity (Wildman–Crippen MR) is 84.0 cm³/mol. The molecule has 0 aliphatic carbocycles. The normalized spacial score (nSPS) is 10.6. The van der Waals surface area contributed by atoms with Crippen LogP contribution in [0.15, 0.2) is 28.9 Å². The maximum absolute atomic E-state index is 6.14. The van der Waals surface area contributed by atoms with E-state index >= 15 is 0 Å². The fraction of sp³-hybridized carbons (Fsp3) is 0.308. The molecule has 0 atom stereocenters. The van der Waals surface area contributed by atoms with E-state index in [0.717, 1.165) is 21.8 Å². The van der Waals surface area contributed by atoms with Gasteiger partial charge in [0, 0.05) is 25.6 Å². The molecule has 2 aromatic rings. The summed E-state index contributed by atoms with van der Waals surface area (Å²) in [5, 5.41) is 4.03. The van der Waals surface area contributed by atoms with Gasteiger partial charge in [-0.2, -0.15) is 0 Å². The van der Waals surface area contributed by atoms with Crippen molar-refractivity contribution in [2.75, 3.05) is 24.3 Å². The predicted octanol–water partition coefficient (Wildman–Crippen LogP) is 3.51. The van der Waals surface area contributed by atoms with Crippen molar-refractivity contribution in [1.29, 1.82) is 0 Å². The van der Waals surface area contributed by atoms with E-state index < -0.39 is 0 Å². The molecule has 0 amide bonds. The number of imidazole rings is 1. The Balaban J connectivity index is 2.12. The van der Waals surface area contributed by atoms with Gasteiger partial charge in [-0.05, 0) is 18.2 Å². The van der Waals surface area contributed by atoms with Crippen LogP contribution >= 0.6 is 27.5 Å². The molecule has 1 aromatic carbocycles. The van der Waals surface area contributed by atoms with Crippen LogP contribution in [0.3, 0.4) is 0 Å². The fourth-order valence-corrected chi connectivity index (χ4v) is 2.38. The average molecular weight is 344 g/mol. The van der Waals surface area contributed by atoms with E-state index in [0.29, 0.717) is 11.6 Å². The lowest BCUT2D eigenvalue weighted by Crippen LogP contribution is -2.15. The molecular formula is C13H16BrClN4. The van der Waals surface area contributed by atoms with Crippen LogP contribution in [-0.4, -0.2) is 23.6 Å². The van der Waals surface area contributed by atoms with Crippen LogP contribution < -0.4 is 10.2 Å². The summed E-state index contributed by atoms with van der Waals surface area (Å²) in [6, 6.07) is 5.75. The van der Waals surface area contributed by atoms with Crippen LogP contribution in [-0.2, 0) is 13.6 Å². The van der Waals surface area contributed by atoms with Crippen molar-refractivity contribution in [3.05, 3.63) is 39.6 Å². The molecule has 2 rings (SSSR count). The number of anilines is 2. The van der Waals surface area contributed by atoms with Gasteiger partial charge in [-0.15, -0.1) is 0 Å². The lowest BCUT2D eigenvalue weighted by molar-refractivity contribution is 0.814. The van der Waals surface area contributed by atoms with Gasteiger partial charge in [-0.1, -0.05) is 27.5 Å². The third-order valence-electron chi connectivity index (χ3n) is 2.85. The highest BCUT2D eigenvalue weighted by Crippen LogP contribution is 2.26. The van der Waals surface area contributed by atoms with Gasteiger partial charge in [0.15, 0.2) is 0 Å². The lowest BCUT2D eigenvalue weighted by Gasteiger charge is -2.13. The van der Waals surface area contributed by atoms with Gasteiger partial charge < -0.3 is 14.8 Å². The standard InChI is InChI=1S/C13H16BrClN4/c1-18(2)13-17-8-10(19(13)3)7-16-12-6-9(14)4-5-11(12)15/h4-6,8,16H,7H2,1-3H3. The molecule has 0 bridgehead atoms. The van der Waals surface area contributed by atoms with Crippen molar-refractivity contribution in [3.8, 4) is 0 Å². The van der Waals surface area contributed by atoms with Gasteiger partial charge in [0.2, 0.25) is 5.95 Å². The fourth-order valence-electron chi connectivity index (χ4n) is 1.83. The minimum Gasteiger partial charge on any atom is -0.378 e. The highest BCUT2D eigenvalue weighted by Gasteiger charge is 2.08. The summed E-state index contributed by atoms with van der Waals surface area (Å²) in [6.07, 6.45) is 1.87. The van der Waals surface area contributed by atoms with E-state index in [4.69, 9.17) is 11.6 Å². The van der Waals surface area contributed by atoms with Crippen molar-refractivity contribution in [2.45, 2.75) is 6.54 Å². The van der Waals surface area contributed by atoms with Gasteiger partial charge in [0.1, 0.15) is 0 Å². The molecule has 102 valence electrons. The third-order valence-corrected chi connectivity index (χ3v) is 3.67. The molecule has 0 aliphatic heterocycles. The van der Waals surface area contributed by atoms with Gasteiger partial charge in [0.25, 0.3) is 0 Å². The Morgan fingerprint density at radius 3 is 2.79 bits per heavy atom. The number of nitrogens with one attached hydrogen (secondary N) is 1. The minimum atomic E-state index is 0.674. The molecular weight excluding hydrogens is 328 g/mol. The summed E-state index contributed by atoms with van der Waals surface area (Å²) in [5.74, 6) is 0.928. The largest absolute Gasteiger partial charge is 0.378 e. The number of nitrogens with zero attached hydrogens (tertiary/aromatic N) is 3. The molecule has 6 heteroatoms. The molecule has 0 fully saturated rings. The summed E-state index contributed by atoms with van der Waals surface area (Å²) in [5.41, 5.74) is 2.00. The van der Waals surface area contributed by atoms with E-state index in [9.17, 15) is 0 Å². The molecule has 0 unspecified atom stereocenters. The van der Waals surface area contributed by atoms with Gasteiger partial charge in [-0.3, -0.25) is 0 Å². The van der Waals surface area contributed by atoms with E-state index in [-0.39, 0.29) is 0 Å². The van der Waals surface area contributed by atoms with E-state index in [1.807, 2.05) is 50.4 Å². The third kappa shape index (κ3) is 3.22. The minimum absolute atomic E-state index is 0.674. The Bertz CT molecular complexity index is 580. The molecule has 0 aliphatic rings. The molecule has 0 spiro atoms. The second kappa shape index (κ2) is 5.84. The smallest absolute Gasteiger partial charge is 0.204 e. The summed E-state index contributed by atoms with van der Waals surface area (Å²) in [4.78, 5) is 6.36. The lowest BCUT2D eigenvalue weighted by atomic mass is 10.3.